The lowest BCUT2D eigenvalue weighted by molar-refractivity contribution is 0.0391. The molecule has 1 aliphatic rings. The lowest BCUT2D eigenvalue weighted by Gasteiger charge is -2.29. The first-order valence-electron chi connectivity index (χ1n) is 10.3. The molecule has 3 heterocycles. The number of morpholine rings is 1. The minimum absolute atomic E-state index is 0.222. The van der Waals surface area contributed by atoms with Gasteiger partial charge in [0.25, 0.3) is 5.91 Å². The fourth-order valence-electron chi connectivity index (χ4n) is 3.65. The fourth-order valence-corrected chi connectivity index (χ4v) is 4.75. The standard InChI is InChI=1S/C21H27N5O5S/c1-24-13-14(19(23-24)30-4)20(27)26(8-7-25-9-11-31-12-10-25)21-22-17-15(28-2)5-6-16(29-3)18(17)32-21/h5-6,13H,7-12H2,1-4H3. The van der Waals surface area contributed by atoms with Gasteiger partial charge in [-0.25, -0.2) is 4.98 Å². The number of carbonyl (C=O) groups is 1. The molecular formula is C21H27N5O5S. The van der Waals surface area contributed by atoms with Crippen LogP contribution in [0.2, 0.25) is 0 Å². The maximum Gasteiger partial charge on any atom is 0.267 e. The maximum atomic E-state index is 13.7. The van der Waals surface area contributed by atoms with E-state index >= 15 is 0 Å². The summed E-state index contributed by atoms with van der Waals surface area (Å²) < 4.78 is 24.2. The van der Waals surface area contributed by atoms with E-state index in [1.165, 1.54) is 18.4 Å². The highest BCUT2D eigenvalue weighted by Crippen LogP contribution is 2.40. The average molecular weight is 462 g/mol. The summed E-state index contributed by atoms with van der Waals surface area (Å²) in [5.41, 5.74) is 1.05. The van der Waals surface area contributed by atoms with Crippen molar-refractivity contribution in [2.75, 3.05) is 65.6 Å². The zero-order chi connectivity index (χ0) is 22.7. The van der Waals surface area contributed by atoms with Gasteiger partial charge in [0.2, 0.25) is 5.88 Å². The van der Waals surface area contributed by atoms with Crippen LogP contribution in [0.4, 0.5) is 5.13 Å². The van der Waals surface area contributed by atoms with Crippen molar-refractivity contribution in [3.63, 3.8) is 0 Å². The van der Waals surface area contributed by atoms with Gasteiger partial charge < -0.3 is 18.9 Å². The molecule has 0 unspecified atom stereocenters. The molecule has 10 nitrogen and oxygen atoms in total. The van der Waals surface area contributed by atoms with Crippen LogP contribution in [0.1, 0.15) is 10.4 Å². The molecule has 0 bridgehead atoms. The molecule has 1 amide bonds. The Labute approximate surface area is 190 Å². The number of thiazole rings is 1. The largest absolute Gasteiger partial charge is 0.495 e. The molecule has 2 aromatic heterocycles. The molecular weight excluding hydrogens is 434 g/mol. The Morgan fingerprint density at radius 1 is 1.16 bits per heavy atom. The van der Waals surface area contributed by atoms with Crippen LogP contribution >= 0.6 is 11.3 Å². The summed E-state index contributed by atoms with van der Waals surface area (Å²) in [7, 11) is 6.47. The van der Waals surface area contributed by atoms with Crippen LogP contribution in [0.3, 0.4) is 0 Å². The van der Waals surface area contributed by atoms with Gasteiger partial charge in [0.1, 0.15) is 27.3 Å². The minimum Gasteiger partial charge on any atom is -0.495 e. The third-order valence-corrected chi connectivity index (χ3v) is 6.43. The lowest BCUT2D eigenvalue weighted by atomic mass is 10.3. The number of carbonyl (C=O) groups excluding carboxylic acids is 1. The third-order valence-electron chi connectivity index (χ3n) is 5.34. The molecule has 172 valence electrons. The first-order chi connectivity index (χ1) is 15.5. The first-order valence-corrected chi connectivity index (χ1v) is 11.1. The molecule has 32 heavy (non-hydrogen) atoms. The van der Waals surface area contributed by atoms with Gasteiger partial charge in [0.15, 0.2) is 5.13 Å². The van der Waals surface area contributed by atoms with Crippen molar-refractivity contribution < 1.29 is 23.7 Å². The predicted octanol–water partition coefficient (Wildman–Crippen LogP) is 2.03. The number of hydrogen-bond donors (Lipinski definition) is 0. The van der Waals surface area contributed by atoms with Crippen molar-refractivity contribution in [3.05, 3.63) is 23.9 Å². The van der Waals surface area contributed by atoms with Crippen LogP contribution in [-0.4, -0.2) is 86.3 Å². The average Bonchev–Trinajstić information content (AvgIpc) is 3.42. The Morgan fingerprint density at radius 3 is 2.56 bits per heavy atom. The number of aromatic nitrogens is 3. The van der Waals surface area contributed by atoms with Crippen molar-refractivity contribution in [1.29, 1.82) is 0 Å². The molecule has 0 N–H and O–H groups in total. The number of amides is 1. The Balaban J connectivity index is 1.73. The number of hydrogen-bond acceptors (Lipinski definition) is 9. The SMILES string of the molecule is COc1nn(C)cc1C(=O)N(CCN1CCOCC1)c1nc2c(OC)ccc(OC)c2s1. The van der Waals surface area contributed by atoms with E-state index in [1.807, 2.05) is 12.1 Å². The number of ether oxygens (including phenoxy) is 4. The summed E-state index contributed by atoms with van der Waals surface area (Å²) in [5, 5.41) is 4.80. The smallest absolute Gasteiger partial charge is 0.267 e. The molecule has 1 aromatic carbocycles. The number of aryl methyl sites for hydroxylation is 1. The quantitative estimate of drug-likeness (QED) is 0.503. The van der Waals surface area contributed by atoms with Crippen LogP contribution < -0.4 is 19.1 Å². The van der Waals surface area contributed by atoms with Crippen LogP contribution in [0, 0.1) is 0 Å². The normalized spacial score (nSPS) is 14.5. The van der Waals surface area contributed by atoms with Gasteiger partial charge in [-0.2, -0.15) is 0 Å². The van der Waals surface area contributed by atoms with Crippen molar-refractivity contribution in [3.8, 4) is 17.4 Å². The van der Waals surface area contributed by atoms with E-state index in [2.05, 4.69) is 10.00 Å². The molecule has 1 saturated heterocycles. The summed E-state index contributed by atoms with van der Waals surface area (Å²) >= 11 is 1.39. The number of methoxy groups -OCH3 is 3. The molecule has 1 aliphatic heterocycles. The summed E-state index contributed by atoms with van der Waals surface area (Å²) in [6.45, 7) is 4.21. The van der Waals surface area contributed by atoms with Gasteiger partial charge >= 0.3 is 0 Å². The van der Waals surface area contributed by atoms with E-state index in [4.69, 9.17) is 23.9 Å². The van der Waals surface area contributed by atoms with Gasteiger partial charge in [0, 0.05) is 39.4 Å². The Hall–Kier alpha value is -2.89. The third kappa shape index (κ3) is 4.36. The van der Waals surface area contributed by atoms with E-state index in [-0.39, 0.29) is 11.8 Å². The molecule has 3 aromatic rings. The number of benzene rings is 1. The van der Waals surface area contributed by atoms with Crippen molar-refractivity contribution >= 4 is 32.6 Å². The Bertz CT molecular complexity index is 1050. The molecule has 0 saturated carbocycles. The highest BCUT2D eigenvalue weighted by Gasteiger charge is 2.28. The van der Waals surface area contributed by atoms with Crippen LogP contribution in [0.5, 0.6) is 17.4 Å². The number of nitrogens with zero attached hydrogens (tertiary/aromatic N) is 5. The van der Waals surface area contributed by atoms with E-state index in [0.29, 0.717) is 54.0 Å². The molecule has 0 radical (unpaired) electrons. The van der Waals surface area contributed by atoms with Gasteiger partial charge in [0.05, 0.1) is 34.5 Å². The zero-order valence-corrected chi connectivity index (χ0v) is 19.5. The summed E-state index contributed by atoms with van der Waals surface area (Å²) in [5.74, 6) is 1.37. The Morgan fingerprint density at radius 2 is 1.88 bits per heavy atom. The lowest BCUT2D eigenvalue weighted by Crippen LogP contribution is -2.43. The molecule has 11 heteroatoms. The van der Waals surface area contributed by atoms with Gasteiger partial charge in [-0.3, -0.25) is 19.3 Å². The topological polar surface area (TPSA) is 91.2 Å². The second kappa shape index (κ2) is 9.72. The summed E-state index contributed by atoms with van der Waals surface area (Å²) in [6, 6.07) is 3.65. The van der Waals surface area contributed by atoms with Gasteiger partial charge in [-0.1, -0.05) is 11.3 Å². The van der Waals surface area contributed by atoms with Crippen molar-refractivity contribution in [2.24, 2.45) is 7.05 Å². The van der Waals surface area contributed by atoms with Crippen LogP contribution in [-0.2, 0) is 11.8 Å². The van der Waals surface area contributed by atoms with Gasteiger partial charge in [-0.15, -0.1) is 5.10 Å². The second-order valence-electron chi connectivity index (χ2n) is 7.28. The minimum atomic E-state index is -0.222. The van der Waals surface area contributed by atoms with E-state index in [9.17, 15) is 4.79 Å². The molecule has 0 aliphatic carbocycles. The maximum absolute atomic E-state index is 13.7. The summed E-state index contributed by atoms with van der Waals surface area (Å²) in [6.07, 6.45) is 1.66. The highest BCUT2D eigenvalue weighted by atomic mass is 32.1. The van der Waals surface area contributed by atoms with Crippen molar-refractivity contribution in [2.45, 2.75) is 0 Å². The Kier molecular flexibility index (Phi) is 6.77. The highest BCUT2D eigenvalue weighted by molar-refractivity contribution is 7.22. The van der Waals surface area contributed by atoms with Crippen LogP contribution in [0.15, 0.2) is 18.3 Å². The zero-order valence-electron chi connectivity index (χ0n) is 18.7. The molecule has 1 fully saturated rings. The predicted molar refractivity (Wildman–Crippen MR) is 121 cm³/mol. The van der Waals surface area contributed by atoms with E-state index in [1.54, 1.807) is 37.0 Å². The number of fused-ring (bicyclic) bond motifs is 1. The molecule has 4 rings (SSSR count). The van der Waals surface area contributed by atoms with Crippen LogP contribution in [0.25, 0.3) is 10.2 Å². The number of rotatable bonds is 8. The number of anilines is 1. The fraction of sp³-hybridized carbons (Fsp3) is 0.476. The molecule has 0 spiro atoms. The first kappa shape index (κ1) is 22.3. The second-order valence-corrected chi connectivity index (χ2v) is 8.26. The van der Waals surface area contributed by atoms with E-state index in [0.717, 1.165) is 17.8 Å². The molecule has 0 atom stereocenters. The van der Waals surface area contributed by atoms with Crippen molar-refractivity contribution in [1.82, 2.24) is 19.7 Å². The van der Waals surface area contributed by atoms with E-state index < -0.39 is 0 Å². The van der Waals surface area contributed by atoms with Gasteiger partial charge in [-0.05, 0) is 12.1 Å². The summed E-state index contributed by atoms with van der Waals surface area (Å²) in [4.78, 5) is 22.4. The monoisotopic (exact) mass is 461 g/mol.